The van der Waals surface area contributed by atoms with Crippen molar-refractivity contribution < 1.29 is 9.59 Å². The summed E-state index contributed by atoms with van der Waals surface area (Å²) in [6.07, 6.45) is 2.93. The van der Waals surface area contributed by atoms with Gasteiger partial charge in [-0.2, -0.15) is 0 Å². The molecule has 17 heavy (non-hydrogen) atoms. The minimum absolute atomic E-state index is 0.0345. The zero-order valence-electron chi connectivity index (χ0n) is 10.2. The fraction of sp³-hybridized carbons (Fsp3) is 0.467. The highest BCUT2D eigenvalue weighted by atomic mass is 16.1. The molecule has 0 N–H and O–H groups in total. The molecule has 1 fully saturated rings. The van der Waals surface area contributed by atoms with Gasteiger partial charge in [0.15, 0.2) is 0 Å². The van der Waals surface area contributed by atoms with Crippen LogP contribution in [0.5, 0.6) is 0 Å². The molecular formula is C15H18O2. The van der Waals surface area contributed by atoms with E-state index in [1.807, 2.05) is 18.2 Å². The maximum absolute atomic E-state index is 11.8. The van der Waals surface area contributed by atoms with Crippen molar-refractivity contribution in [2.75, 3.05) is 0 Å². The summed E-state index contributed by atoms with van der Waals surface area (Å²) >= 11 is 0. The van der Waals surface area contributed by atoms with Crippen LogP contribution in [0.3, 0.4) is 0 Å². The second-order valence-electron chi connectivity index (χ2n) is 4.97. The standard InChI is InChI=1S/C15H18O2/c1-11(16)9-14-13(7-8-15(14)17)10-12-5-3-2-4-6-12/h2-6,13-14H,7-10H2,1H3/t13-,14-/m1/s1. The highest BCUT2D eigenvalue weighted by molar-refractivity contribution is 5.88. The van der Waals surface area contributed by atoms with Gasteiger partial charge in [-0.25, -0.2) is 0 Å². The average Bonchev–Trinajstić information content (AvgIpc) is 2.62. The van der Waals surface area contributed by atoms with Gasteiger partial charge in [0.25, 0.3) is 0 Å². The van der Waals surface area contributed by atoms with Crippen molar-refractivity contribution in [1.29, 1.82) is 0 Å². The largest absolute Gasteiger partial charge is 0.300 e. The summed E-state index contributed by atoms with van der Waals surface area (Å²) in [6.45, 7) is 1.57. The van der Waals surface area contributed by atoms with Gasteiger partial charge < -0.3 is 4.79 Å². The van der Waals surface area contributed by atoms with E-state index in [-0.39, 0.29) is 17.5 Å². The maximum Gasteiger partial charge on any atom is 0.136 e. The lowest BCUT2D eigenvalue weighted by Gasteiger charge is -2.17. The Morgan fingerprint density at radius 1 is 1.29 bits per heavy atom. The van der Waals surface area contributed by atoms with E-state index in [9.17, 15) is 9.59 Å². The molecule has 1 saturated carbocycles. The summed E-state index contributed by atoms with van der Waals surface area (Å²) in [4.78, 5) is 22.9. The predicted molar refractivity (Wildman–Crippen MR) is 66.7 cm³/mol. The topological polar surface area (TPSA) is 34.1 Å². The lowest BCUT2D eigenvalue weighted by molar-refractivity contribution is -0.126. The molecule has 1 aliphatic rings. The summed E-state index contributed by atoms with van der Waals surface area (Å²) in [5.41, 5.74) is 1.26. The highest BCUT2D eigenvalue weighted by Crippen LogP contribution is 2.33. The van der Waals surface area contributed by atoms with Crippen LogP contribution in [0, 0.1) is 11.8 Å². The van der Waals surface area contributed by atoms with E-state index in [0.717, 1.165) is 12.8 Å². The van der Waals surface area contributed by atoms with Crippen LogP contribution in [0.2, 0.25) is 0 Å². The van der Waals surface area contributed by atoms with E-state index in [1.54, 1.807) is 6.92 Å². The lowest BCUT2D eigenvalue weighted by atomic mass is 9.86. The molecule has 90 valence electrons. The fourth-order valence-corrected chi connectivity index (χ4v) is 2.73. The van der Waals surface area contributed by atoms with Crippen molar-refractivity contribution in [3.63, 3.8) is 0 Å². The van der Waals surface area contributed by atoms with Crippen LogP contribution in [0.15, 0.2) is 30.3 Å². The maximum atomic E-state index is 11.8. The van der Waals surface area contributed by atoms with Gasteiger partial charge in [0.05, 0.1) is 0 Å². The van der Waals surface area contributed by atoms with Crippen molar-refractivity contribution in [3.05, 3.63) is 35.9 Å². The SMILES string of the molecule is CC(=O)C[C@H]1C(=O)CC[C@@H]1Cc1ccccc1. The van der Waals surface area contributed by atoms with Crippen LogP contribution in [0.1, 0.15) is 31.7 Å². The highest BCUT2D eigenvalue weighted by Gasteiger charge is 2.34. The molecule has 0 heterocycles. The molecule has 0 spiro atoms. The van der Waals surface area contributed by atoms with Gasteiger partial charge in [-0.05, 0) is 31.2 Å². The molecule has 0 aromatic heterocycles. The molecule has 0 saturated heterocycles. The van der Waals surface area contributed by atoms with Crippen molar-refractivity contribution in [2.45, 2.75) is 32.6 Å². The summed E-state index contributed by atoms with van der Waals surface area (Å²) in [6, 6.07) is 10.2. The monoisotopic (exact) mass is 230 g/mol. The molecule has 1 aliphatic carbocycles. The van der Waals surface area contributed by atoms with Crippen molar-refractivity contribution in [3.8, 4) is 0 Å². The summed E-state index contributed by atoms with van der Waals surface area (Å²) < 4.78 is 0. The first kappa shape index (κ1) is 12.0. The zero-order chi connectivity index (χ0) is 12.3. The quantitative estimate of drug-likeness (QED) is 0.797. The second-order valence-corrected chi connectivity index (χ2v) is 4.97. The predicted octanol–water partition coefficient (Wildman–Crippen LogP) is 2.80. The summed E-state index contributed by atoms with van der Waals surface area (Å²) in [7, 11) is 0. The molecule has 2 heteroatoms. The van der Waals surface area contributed by atoms with Crippen LogP contribution < -0.4 is 0 Å². The van der Waals surface area contributed by atoms with Crippen LogP contribution >= 0.6 is 0 Å². The number of carbonyl (C=O) groups excluding carboxylic acids is 2. The third-order valence-corrected chi connectivity index (χ3v) is 3.59. The summed E-state index contributed by atoms with van der Waals surface area (Å²) in [5.74, 6) is 0.728. The van der Waals surface area contributed by atoms with E-state index < -0.39 is 0 Å². The molecule has 1 aromatic rings. The van der Waals surface area contributed by atoms with Gasteiger partial charge >= 0.3 is 0 Å². The van der Waals surface area contributed by atoms with Gasteiger partial charge in [0.2, 0.25) is 0 Å². The zero-order valence-corrected chi connectivity index (χ0v) is 10.2. The lowest BCUT2D eigenvalue weighted by Crippen LogP contribution is -2.19. The van der Waals surface area contributed by atoms with E-state index in [2.05, 4.69) is 12.1 Å². The van der Waals surface area contributed by atoms with Gasteiger partial charge in [-0.15, -0.1) is 0 Å². The number of carbonyl (C=O) groups is 2. The number of rotatable bonds is 4. The van der Waals surface area contributed by atoms with Crippen LogP contribution in [0.25, 0.3) is 0 Å². The number of ketones is 2. The Morgan fingerprint density at radius 3 is 2.65 bits per heavy atom. The van der Waals surface area contributed by atoms with Crippen molar-refractivity contribution in [1.82, 2.24) is 0 Å². The Hall–Kier alpha value is -1.44. The first-order valence-corrected chi connectivity index (χ1v) is 6.23. The van der Waals surface area contributed by atoms with Crippen LogP contribution in [0.4, 0.5) is 0 Å². The fourth-order valence-electron chi connectivity index (χ4n) is 2.73. The number of hydrogen-bond acceptors (Lipinski definition) is 2. The van der Waals surface area contributed by atoms with Crippen LogP contribution in [-0.2, 0) is 16.0 Å². The Morgan fingerprint density at radius 2 is 2.00 bits per heavy atom. The second kappa shape index (κ2) is 5.26. The summed E-state index contributed by atoms with van der Waals surface area (Å²) in [5, 5.41) is 0. The molecule has 0 bridgehead atoms. The molecule has 2 rings (SSSR count). The smallest absolute Gasteiger partial charge is 0.136 e. The van der Waals surface area contributed by atoms with E-state index in [0.29, 0.717) is 18.8 Å². The average molecular weight is 230 g/mol. The van der Waals surface area contributed by atoms with E-state index in [1.165, 1.54) is 5.56 Å². The molecule has 0 unspecified atom stereocenters. The van der Waals surface area contributed by atoms with Gasteiger partial charge in [-0.3, -0.25) is 4.79 Å². The van der Waals surface area contributed by atoms with E-state index in [4.69, 9.17) is 0 Å². The molecule has 2 nitrogen and oxygen atoms in total. The normalized spacial score (nSPS) is 23.9. The third-order valence-electron chi connectivity index (χ3n) is 3.59. The molecule has 2 atom stereocenters. The first-order valence-electron chi connectivity index (χ1n) is 6.23. The van der Waals surface area contributed by atoms with Crippen LogP contribution in [-0.4, -0.2) is 11.6 Å². The minimum atomic E-state index is -0.0345. The molecular weight excluding hydrogens is 212 g/mol. The number of benzene rings is 1. The molecule has 1 aromatic carbocycles. The Labute approximate surface area is 102 Å². The molecule has 0 aliphatic heterocycles. The van der Waals surface area contributed by atoms with Crippen molar-refractivity contribution in [2.24, 2.45) is 11.8 Å². The number of Topliss-reactive ketones (excluding diaryl/α,β-unsaturated/α-hetero) is 2. The first-order chi connectivity index (χ1) is 8.16. The Bertz CT molecular complexity index is 408. The Kier molecular flexibility index (Phi) is 3.72. The van der Waals surface area contributed by atoms with Gasteiger partial charge in [0, 0.05) is 18.8 Å². The Balaban J connectivity index is 2.05. The van der Waals surface area contributed by atoms with Gasteiger partial charge in [-0.1, -0.05) is 30.3 Å². The number of hydrogen-bond donors (Lipinski definition) is 0. The van der Waals surface area contributed by atoms with Gasteiger partial charge in [0.1, 0.15) is 11.6 Å². The molecule has 0 amide bonds. The van der Waals surface area contributed by atoms with E-state index >= 15 is 0 Å². The third kappa shape index (κ3) is 3.02. The molecule has 0 radical (unpaired) electrons. The minimum Gasteiger partial charge on any atom is -0.300 e. The van der Waals surface area contributed by atoms with Crippen molar-refractivity contribution >= 4 is 11.6 Å².